The monoisotopic (exact) mass is 542 g/mol. The Balaban J connectivity index is 1.97. The van der Waals surface area contributed by atoms with Gasteiger partial charge in [-0.3, -0.25) is 9.59 Å². The Bertz CT molecular complexity index is 1110. The van der Waals surface area contributed by atoms with Crippen molar-refractivity contribution >= 4 is 22.7 Å². The summed E-state index contributed by atoms with van der Waals surface area (Å²) in [6, 6.07) is 7.32. The third-order valence-electron chi connectivity index (χ3n) is 6.93. The highest BCUT2D eigenvalue weighted by molar-refractivity contribution is 5.98. The SMILES string of the molecule is CC[C@H](COc1cccc2c(OCCOC)cc(C(=O)N(C(C)C)[C@@H]3CCCNC3)nc12)NC(=O)C(C)(C)C. The molecule has 1 saturated heterocycles. The summed E-state index contributed by atoms with van der Waals surface area (Å²) in [5.41, 5.74) is 0.380. The molecule has 0 bridgehead atoms. The van der Waals surface area contributed by atoms with Gasteiger partial charge in [0.15, 0.2) is 0 Å². The van der Waals surface area contributed by atoms with Crippen molar-refractivity contribution in [2.75, 3.05) is 40.0 Å². The van der Waals surface area contributed by atoms with E-state index in [0.29, 0.717) is 42.3 Å². The molecule has 2 heterocycles. The predicted octanol–water partition coefficient (Wildman–Crippen LogP) is 4.18. The molecule has 39 heavy (non-hydrogen) atoms. The molecule has 1 aliphatic rings. The van der Waals surface area contributed by atoms with E-state index >= 15 is 0 Å². The lowest BCUT2D eigenvalue weighted by Gasteiger charge is -2.37. The van der Waals surface area contributed by atoms with E-state index < -0.39 is 5.41 Å². The van der Waals surface area contributed by atoms with Gasteiger partial charge in [0.2, 0.25) is 5.91 Å². The Kier molecular flexibility index (Phi) is 10.9. The molecule has 1 aliphatic heterocycles. The van der Waals surface area contributed by atoms with E-state index in [1.54, 1.807) is 13.2 Å². The van der Waals surface area contributed by atoms with E-state index in [-0.39, 0.29) is 36.5 Å². The van der Waals surface area contributed by atoms with Crippen molar-refractivity contribution in [2.45, 2.75) is 78.9 Å². The number of pyridine rings is 1. The van der Waals surface area contributed by atoms with Crippen LogP contribution in [-0.4, -0.2) is 79.8 Å². The van der Waals surface area contributed by atoms with Crippen LogP contribution in [0.3, 0.4) is 0 Å². The van der Waals surface area contributed by atoms with Gasteiger partial charge in [0, 0.05) is 42.6 Å². The summed E-state index contributed by atoms with van der Waals surface area (Å²) in [6.45, 7) is 14.5. The highest BCUT2D eigenvalue weighted by Gasteiger charge is 2.30. The van der Waals surface area contributed by atoms with Crippen LogP contribution < -0.4 is 20.1 Å². The average molecular weight is 543 g/mol. The molecule has 0 unspecified atom stereocenters. The Hall–Kier alpha value is -2.91. The maximum Gasteiger partial charge on any atom is 0.273 e. The Morgan fingerprint density at radius 1 is 1.18 bits per heavy atom. The van der Waals surface area contributed by atoms with Crippen molar-refractivity contribution in [2.24, 2.45) is 5.41 Å². The second-order valence-corrected chi connectivity index (χ2v) is 11.4. The summed E-state index contributed by atoms with van der Waals surface area (Å²) < 4.78 is 17.5. The molecule has 0 aliphatic carbocycles. The minimum Gasteiger partial charge on any atom is -0.490 e. The molecule has 0 radical (unpaired) electrons. The Morgan fingerprint density at radius 3 is 2.56 bits per heavy atom. The van der Waals surface area contributed by atoms with Gasteiger partial charge in [-0.15, -0.1) is 0 Å². The number of methoxy groups -OCH3 is 1. The fourth-order valence-corrected chi connectivity index (χ4v) is 4.65. The number of nitrogens with one attached hydrogen (secondary N) is 2. The molecule has 1 fully saturated rings. The number of benzene rings is 1. The third-order valence-corrected chi connectivity index (χ3v) is 6.93. The van der Waals surface area contributed by atoms with Gasteiger partial charge < -0.3 is 29.7 Å². The van der Waals surface area contributed by atoms with Crippen LogP contribution in [0.5, 0.6) is 11.5 Å². The molecule has 9 nitrogen and oxygen atoms in total. The molecule has 2 N–H and O–H groups in total. The second kappa shape index (κ2) is 13.9. The molecule has 3 rings (SSSR count). The fourth-order valence-electron chi connectivity index (χ4n) is 4.65. The standard InChI is InChI=1S/C30H46N4O5/c1-8-21(32-29(36)30(4,5)6)19-39-25-13-9-12-23-26(38-16-15-37-7)17-24(33-27(23)25)28(35)34(20(2)3)22-11-10-14-31-18-22/h9,12-13,17,20-22,31H,8,10-11,14-16,18-19H2,1-7H3,(H,32,36)/t21-,22-/m1/s1. The fraction of sp³-hybridized carbons (Fsp3) is 0.633. The molecule has 1 aromatic heterocycles. The number of carbonyl (C=O) groups is 2. The van der Waals surface area contributed by atoms with Crippen LogP contribution >= 0.6 is 0 Å². The molecule has 0 saturated carbocycles. The summed E-state index contributed by atoms with van der Waals surface area (Å²) in [7, 11) is 1.62. The van der Waals surface area contributed by atoms with Crippen LogP contribution in [-0.2, 0) is 9.53 Å². The summed E-state index contributed by atoms with van der Waals surface area (Å²) in [5, 5.41) is 7.24. The Labute approximate surface area is 233 Å². The zero-order chi connectivity index (χ0) is 28.6. The van der Waals surface area contributed by atoms with Gasteiger partial charge in [-0.05, 0) is 51.8 Å². The molecule has 9 heteroatoms. The van der Waals surface area contributed by atoms with Gasteiger partial charge in [-0.25, -0.2) is 4.98 Å². The van der Waals surface area contributed by atoms with Crippen LogP contribution in [0.2, 0.25) is 0 Å². The first-order valence-electron chi connectivity index (χ1n) is 14.1. The first-order valence-corrected chi connectivity index (χ1v) is 14.1. The number of aromatic nitrogens is 1. The van der Waals surface area contributed by atoms with Gasteiger partial charge in [-0.1, -0.05) is 33.8 Å². The van der Waals surface area contributed by atoms with Gasteiger partial charge in [-0.2, -0.15) is 0 Å². The number of piperidine rings is 1. The predicted molar refractivity (Wildman–Crippen MR) is 153 cm³/mol. The molecule has 2 amide bonds. The van der Waals surface area contributed by atoms with E-state index in [1.165, 1.54) is 0 Å². The number of fused-ring (bicyclic) bond motifs is 1. The van der Waals surface area contributed by atoms with E-state index in [0.717, 1.165) is 31.3 Å². The lowest BCUT2D eigenvalue weighted by atomic mass is 9.95. The lowest BCUT2D eigenvalue weighted by molar-refractivity contribution is -0.129. The van der Waals surface area contributed by atoms with Crippen LogP contribution in [0.25, 0.3) is 10.9 Å². The number of hydrogen-bond acceptors (Lipinski definition) is 7. The summed E-state index contributed by atoms with van der Waals surface area (Å²) in [6.07, 6.45) is 2.70. The number of carbonyl (C=O) groups excluding carboxylic acids is 2. The van der Waals surface area contributed by atoms with Crippen LogP contribution in [0.4, 0.5) is 0 Å². The molecule has 2 atom stereocenters. The maximum atomic E-state index is 13.9. The van der Waals surface area contributed by atoms with Crippen LogP contribution in [0, 0.1) is 5.41 Å². The minimum atomic E-state index is -0.492. The Morgan fingerprint density at radius 2 is 1.95 bits per heavy atom. The van der Waals surface area contributed by atoms with E-state index in [1.807, 2.05) is 64.6 Å². The second-order valence-electron chi connectivity index (χ2n) is 11.4. The lowest BCUT2D eigenvalue weighted by Crippen LogP contribution is -2.51. The van der Waals surface area contributed by atoms with Gasteiger partial charge in [0.05, 0.1) is 12.6 Å². The van der Waals surface area contributed by atoms with Crippen molar-refractivity contribution in [3.05, 3.63) is 30.0 Å². The average Bonchev–Trinajstić information content (AvgIpc) is 2.90. The van der Waals surface area contributed by atoms with Crippen molar-refractivity contribution in [3.8, 4) is 11.5 Å². The first kappa shape index (κ1) is 30.6. The highest BCUT2D eigenvalue weighted by Crippen LogP contribution is 2.33. The summed E-state index contributed by atoms with van der Waals surface area (Å²) in [4.78, 5) is 33.2. The number of amides is 2. The van der Waals surface area contributed by atoms with E-state index in [9.17, 15) is 9.59 Å². The highest BCUT2D eigenvalue weighted by atomic mass is 16.5. The number of ether oxygens (including phenoxy) is 3. The topological polar surface area (TPSA) is 102 Å². The molecular formula is C30H46N4O5. The number of para-hydroxylation sites is 1. The first-order chi connectivity index (χ1) is 18.6. The van der Waals surface area contributed by atoms with E-state index in [4.69, 9.17) is 19.2 Å². The molecule has 0 spiro atoms. The maximum absolute atomic E-state index is 13.9. The van der Waals surface area contributed by atoms with Crippen LogP contribution in [0.1, 0.15) is 71.3 Å². The normalized spacial score (nSPS) is 16.7. The number of rotatable bonds is 12. The molecular weight excluding hydrogens is 496 g/mol. The zero-order valence-electron chi connectivity index (χ0n) is 24.6. The zero-order valence-corrected chi connectivity index (χ0v) is 24.6. The summed E-state index contributed by atoms with van der Waals surface area (Å²) >= 11 is 0. The smallest absolute Gasteiger partial charge is 0.273 e. The van der Waals surface area contributed by atoms with Crippen LogP contribution in [0.15, 0.2) is 24.3 Å². The van der Waals surface area contributed by atoms with Gasteiger partial charge in [0.25, 0.3) is 5.91 Å². The quantitative estimate of drug-likeness (QED) is 0.388. The summed E-state index contributed by atoms with van der Waals surface area (Å²) in [5.74, 6) is 0.944. The van der Waals surface area contributed by atoms with Crippen molar-refractivity contribution in [1.82, 2.24) is 20.5 Å². The van der Waals surface area contributed by atoms with Gasteiger partial charge >= 0.3 is 0 Å². The van der Waals surface area contributed by atoms with Crippen molar-refractivity contribution in [3.63, 3.8) is 0 Å². The molecule has 1 aromatic carbocycles. The van der Waals surface area contributed by atoms with E-state index in [2.05, 4.69) is 10.6 Å². The van der Waals surface area contributed by atoms with Crippen molar-refractivity contribution < 1.29 is 23.8 Å². The minimum absolute atomic E-state index is 0.0148. The number of nitrogens with zero attached hydrogens (tertiary/aromatic N) is 2. The third kappa shape index (κ3) is 8.05. The van der Waals surface area contributed by atoms with Crippen molar-refractivity contribution in [1.29, 1.82) is 0 Å². The number of hydrogen-bond donors (Lipinski definition) is 2. The molecule has 216 valence electrons. The molecule has 2 aromatic rings. The largest absolute Gasteiger partial charge is 0.490 e. The van der Waals surface area contributed by atoms with Gasteiger partial charge in [0.1, 0.15) is 35.9 Å².